The first-order chi connectivity index (χ1) is 17.0. The Morgan fingerprint density at radius 2 is 1.86 bits per heavy atom. The summed E-state index contributed by atoms with van der Waals surface area (Å²) in [4.78, 5) is 33.0. The molecule has 1 N–H and O–H groups in total. The van der Waals surface area contributed by atoms with Crippen molar-refractivity contribution in [1.29, 1.82) is 0 Å². The molecular weight excluding hydrogens is 448 g/mol. The molecule has 176 valence electrons. The minimum Gasteiger partial charge on any atom is -0.465 e. The van der Waals surface area contributed by atoms with Crippen LogP contribution in [0.3, 0.4) is 0 Å². The zero-order valence-electron chi connectivity index (χ0n) is 19.4. The summed E-state index contributed by atoms with van der Waals surface area (Å²) in [6.07, 6.45) is 0. The van der Waals surface area contributed by atoms with E-state index in [1.807, 2.05) is 68.4 Å². The van der Waals surface area contributed by atoms with Crippen molar-refractivity contribution in [3.63, 3.8) is 0 Å². The highest BCUT2D eigenvalue weighted by atomic mass is 16.5. The number of rotatable bonds is 6. The number of aromatic nitrogens is 4. The van der Waals surface area contributed by atoms with Crippen LogP contribution in [0.4, 0.5) is 0 Å². The van der Waals surface area contributed by atoms with Gasteiger partial charge in [0.15, 0.2) is 5.82 Å². The number of aromatic amines is 1. The van der Waals surface area contributed by atoms with Gasteiger partial charge in [0.1, 0.15) is 0 Å². The molecular formula is C26H22N4O5. The molecule has 2 heterocycles. The Labute approximate surface area is 199 Å². The number of hydrogen-bond donors (Lipinski definition) is 1. The molecule has 9 heteroatoms. The summed E-state index contributed by atoms with van der Waals surface area (Å²) < 4.78 is 17.5. The lowest BCUT2D eigenvalue weighted by Crippen LogP contribution is -2.07. The van der Waals surface area contributed by atoms with Gasteiger partial charge in [-0.1, -0.05) is 42.5 Å². The predicted octanol–water partition coefficient (Wildman–Crippen LogP) is 4.53. The molecule has 0 amide bonds. The quantitative estimate of drug-likeness (QED) is 0.363. The van der Waals surface area contributed by atoms with Gasteiger partial charge in [0.25, 0.3) is 0 Å². The summed E-state index contributed by atoms with van der Waals surface area (Å²) in [6, 6.07) is 19.3. The largest absolute Gasteiger partial charge is 0.465 e. The number of benzene rings is 3. The van der Waals surface area contributed by atoms with Gasteiger partial charge in [-0.2, -0.15) is 15.1 Å². The zero-order valence-corrected chi connectivity index (χ0v) is 19.4. The van der Waals surface area contributed by atoms with E-state index >= 15 is 0 Å². The zero-order chi connectivity index (χ0) is 24.5. The van der Waals surface area contributed by atoms with Gasteiger partial charge < -0.3 is 14.0 Å². The summed E-state index contributed by atoms with van der Waals surface area (Å²) in [5, 5.41) is 2.60. The standard InChI is InChI=1S/C26H22N4O5/c1-4-34-25-27-21-15(2)10-12-19(24(31)33-3)22(21)30(25)17-11-13-18(16-8-6-5-7-9-16)20(14-17)23-28-26(32)35-29-23/h5-14H,4H2,1-3H3,(H,28,29,32). The van der Waals surface area contributed by atoms with Crippen LogP contribution in [-0.2, 0) is 4.74 Å². The molecule has 0 atom stereocenters. The number of fused-ring (bicyclic) bond motifs is 1. The lowest BCUT2D eigenvalue weighted by atomic mass is 9.98. The van der Waals surface area contributed by atoms with E-state index in [1.165, 1.54) is 7.11 Å². The second kappa shape index (κ2) is 8.94. The molecule has 0 bridgehead atoms. The van der Waals surface area contributed by atoms with Gasteiger partial charge in [-0.3, -0.25) is 4.57 Å². The summed E-state index contributed by atoms with van der Waals surface area (Å²) in [5.41, 5.74) is 5.49. The number of methoxy groups -OCH3 is 1. The Hall–Kier alpha value is -4.66. The molecule has 0 unspecified atom stereocenters. The van der Waals surface area contributed by atoms with E-state index in [-0.39, 0.29) is 5.82 Å². The maximum atomic E-state index is 12.7. The van der Waals surface area contributed by atoms with Crippen molar-refractivity contribution in [2.24, 2.45) is 0 Å². The van der Waals surface area contributed by atoms with Gasteiger partial charge in [-0.15, -0.1) is 0 Å². The maximum absolute atomic E-state index is 12.7. The number of H-pyrrole nitrogens is 1. The fourth-order valence-electron chi connectivity index (χ4n) is 4.11. The molecule has 0 radical (unpaired) electrons. The first-order valence-corrected chi connectivity index (χ1v) is 11.0. The summed E-state index contributed by atoms with van der Waals surface area (Å²) >= 11 is 0. The van der Waals surface area contributed by atoms with Crippen LogP contribution in [0.1, 0.15) is 22.8 Å². The van der Waals surface area contributed by atoms with Gasteiger partial charge in [0, 0.05) is 5.56 Å². The minimum atomic E-state index is -0.726. The molecule has 0 aliphatic carbocycles. The lowest BCUT2D eigenvalue weighted by Gasteiger charge is -2.14. The Bertz CT molecular complexity index is 1600. The lowest BCUT2D eigenvalue weighted by molar-refractivity contribution is 0.0602. The van der Waals surface area contributed by atoms with E-state index in [2.05, 4.69) is 15.1 Å². The Kier molecular flexibility index (Phi) is 5.66. The van der Waals surface area contributed by atoms with Crippen molar-refractivity contribution < 1.29 is 18.8 Å². The molecule has 5 rings (SSSR count). The molecule has 3 aromatic carbocycles. The molecule has 0 saturated heterocycles. The van der Waals surface area contributed by atoms with Crippen LogP contribution >= 0.6 is 0 Å². The smallest absolute Gasteiger partial charge is 0.460 e. The van der Waals surface area contributed by atoms with Gasteiger partial charge in [-0.05, 0) is 48.7 Å². The fourth-order valence-corrected chi connectivity index (χ4v) is 4.11. The van der Waals surface area contributed by atoms with Crippen molar-refractivity contribution in [3.05, 3.63) is 82.3 Å². The van der Waals surface area contributed by atoms with E-state index in [1.54, 1.807) is 10.6 Å². The molecule has 0 saturated carbocycles. The molecule has 0 aliphatic rings. The summed E-state index contributed by atoms with van der Waals surface area (Å²) in [6.45, 7) is 4.16. The normalized spacial score (nSPS) is 11.1. The minimum absolute atomic E-state index is 0.280. The number of hydrogen-bond acceptors (Lipinski definition) is 7. The number of ether oxygens (including phenoxy) is 2. The average Bonchev–Trinajstić information content (AvgIpc) is 3.48. The number of carbonyl (C=O) groups excluding carboxylic acids is 1. The van der Waals surface area contributed by atoms with Crippen molar-refractivity contribution in [3.8, 4) is 34.2 Å². The molecule has 2 aromatic heterocycles. The van der Waals surface area contributed by atoms with E-state index in [0.717, 1.165) is 16.7 Å². The van der Waals surface area contributed by atoms with Crippen LogP contribution < -0.4 is 10.5 Å². The highest BCUT2D eigenvalue weighted by Gasteiger charge is 2.23. The monoisotopic (exact) mass is 470 g/mol. The van der Waals surface area contributed by atoms with Crippen LogP contribution in [0, 0.1) is 6.92 Å². The third-order valence-corrected chi connectivity index (χ3v) is 5.69. The molecule has 35 heavy (non-hydrogen) atoms. The third kappa shape index (κ3) is 3.86. The van der Waals surface area contributed by atoms with Crippen LogP contribution in [-0.4, -0.2) is 39.4 Å². The molecule has 0 spiro atoms. The van der Waals surface area contributed by atoms with Gasteiger partial charge in [0.2, 0.25) is 0 Å². The second-order valence-electron chi connectivity index (χ2n) is 7.81. The number of esters is 1. The van der Waals surface area contributed by atoms with Crippen LogP contribution in [0.25, 0.3) is 39.2 Å². The highest BCUT2D eigenvalue weighted by Crippen LogP contribution is 2.36. The number of nitrogens with zero attached hydrogens (tertiary/aromatic N) is 3. The number of imidazole rings is 1. The third-order valence-electron chi connectivity index (χ3n) is 5.69. The summed E-state index contributed by atoms with van der Waals surface area (Å²) in [5.74, 6) is -0.931. The SMILES string of the molecule is CCOc1nc2c(C)ccc(C(=O)OC)c2n1-c1ccc(-c2ccccc2)c(-c2nc(=O)o[nH]2)c1. The van der Waals surface area contributed by atoms with E-state index in [4.69, 9.17) is 14.0 Å². The molecule has 9 nitrogen and oxygen atoms in total. The van der Waals surface area contributed by atoms with Gasteiger partial charge in [-0.25, -0.2) is 9.59 Å². The van der Waals surface area contributed by atoms with Gasteiger partial charge in [0.05, 0.1) is 36.0 Å². The van der Waals surface area contributed by atoms with Crippen molar-refractivity contribution in [2.45, 2.75) is 13.8 Å². The van der Waals surface area contributed by atoms with E-state index in [9.17, 15) is 9.59 Å². The molecule has 0 aliphatic heterocycles. The van der Waals surface area contributed by atoms with Gasteiger partial charge >= 0.3 is 17.7 Å². The number of nitrogens with one attached hydrogen (secondary N) is 1. The number of carbonyl (C=O) groups is 1. The second-order valence-corrected chi connectivity index (χ2v) is 7.81. The topological polar surface area (TPSA) is 112 Å². The van der Waals surface area contributed by atoms with Crippen LogP contribution in [0.2, 0.25) is 0 Å². The number of aryl methyl sites for hydroxylation is 1. The molecule has 0 fully saturated rings. The van der Waals surface area contributed by atoms with E-state index in [0.29, 0.717) is 40.5 Å². The van der Waals surface area contributed by atoms with Crippen molar-refractivity contribution in [2.75, 3.05) is 13.7 Å². The fraction of sp³-hybridized carbons (Fsp3) is 0.154. The van der Waals surface area contributed by atoms with E-state index < -0.39 is 11.7 Å². The Balaban J connectivity index is 1.83. The first kappa shape index (κ1) is 22.1. The maximum Gasteiger partial charge on any atom is 0.460 e. The van der Waals surface area contributed by atoms with Crippen LogP contribution in [0.5, 0.6) is 6.01 Å². The first-order valence-electron chi connectivity index (χ1n) is 11.0. The van der Waals surface area contributed by atoms with Crippen LogP contribution in [0.15, 0.2) is 70.0 Å². The van der Waals surface area contributed by atoms with Crippen molar-refractivity contribution in [1.82, 2.24) is 19.7 Å². The Morgan fingerprint density at radius 3 is 2.54 bits per heavy atom. The van der Waals surface area contributed by atoms with Crippen molar-refractivity contribution >= 4 is 17.0 Å². The summed E-state index contributed by atoms with van der Waals surface area (Å²) in [7, 11) is 1.34. The molecule has 5 aromatic rings. The highest BCUT2D eigenvalue weighted by molar-refractivity contribution is 6.04. The Morgan fingerprint density at radius 1 is 1.06 bits per heavy atom. The average molecular weight is 470 g/mol. The predicted molar refractivity (Wildman–Crippen MR) is 130 cm³/mol.